The van der Waals surface area contributed by atoms with Crippen molar-refractivity contribution in [3.8, 4) is 16.9 Å². The molecule has 2 heterocycles. The molecule has 0 amide bonds. The van der Waals surface area contributed by atoms with Crippen molar-refractivity contribution in [3.05, 3.63) is 65.2 Å². The summed E-state index contributed by atoms with van der Waals surface area (Å²) in [6, 6.07) is 17.4. The van der Waals surface area contributed by atoms with Gasteiger partial charge in [0.25, 0.3) is 0 Å². The molecule has 6 rings (SSSR count). The van der Waals surface area contributed by atoms with E-state index in [1.165, 1.54) is 57.9 Å². The Morgan fingerprint density at radius 2 is 1.79 bits per heavy atom. The van der Waals surface area contributed by atoms with Crippen LogP contribution in [0.5, 0.6) is 5.75 Å². The van der Waals surface area contributed by atoms with Gasteiger partial charge >= 0.3 is 0 Å². The lowest BCUT2D eigenvalue weighted by atomic mass is 9.76. The molecule has 2 aliphatic rings. The Morgan fingerprint density at radius 1 is 0.931 bits per heavy atom. The van der Waals surface area contributed by atoms with Crippen molar-refractivity contribution in [1.82, 2.24) is 0 Å². The van der Waals surface area contributed by atoms with Crippen LogP contribution in [0.25, 0.3) is 33.1 Å². The fourth-order valence-corrected chi connectivity index (χ4v) is 5.69. The summed E-state index contributed by atoms with van der Waals surface area (Å²) in [6.07, 6.45) is 4.08. The second-order valence-corrected chi connectivity index (χ2v) is 9.10. The van der Waals surface area contributed by atoms with Crippen LogP contribution < -0.4 is 4.74 Å². The van der Waals surface area contributed by atoms with Crippen molar-refractivity contribution < 1.29 is 9.15 Å². The van der Waals surface area contributed by atoms with Crippen LogP contribution in [-0.2, 0) is 0 Å². The topological polar surface area (TPSA) is 22.4 Å². The van der Waals surface area contributed by atoms with Gasteiger partial charge in [0.05, 0.1) is 0 Å². The van der Waals surface area contributed by atoms with E-state index in [1.807, 2.05) is 6.07 Å². The number of fused-ring (bicyclic) bond motifs is 6. The monoisotopic (exact) mass is 382 g/mol. The summed E-state index contributed by atoms with van der Waals surface area (Å²) in [4.78, 5) is 0. The molecule has 1 fully saturated rings. The maximum Gasteiger partial charge on any atom is 0.138 e. The first-order valence-electron chi connectivity index (χ1n) is 10.8. The Bertz CT molecular complexity index is 1260. The SMILES string of the molecule is Cc1c(-c2cc(C)c3oc4ccccc4c3c2)ccc2c1C1CC(C)CC[C@@H]1O2. The number of benzene rings is 3. The Morgan fingerprint density at radius 3 is 2.69 bits per heavy atom. The van der Waals surface area contributed by atoms with Gasteiger partial charge in [-0.15, -0.1) is 0 Å². The van der Waals surface area contributed by atoms with Crippen LogP contribution in [0.2, 0.25) is 0 Å². The van der Waals surface area contributed by atoms with Crippen LogP contribution >= 0.6 is 0 Å². The molecular weight excluding hydrogens is 356 g/mol. The zero-order valence-corrected chi connectivity index (χ0v) is 17.3. The summed E-state index contributed by atoms with van der Waals surface area (Å²) < 4.78 is 12.5. The normalized spacial score (nSPS) is 23.2. The lowest BCUT2D eigenvalue weighted by molar-refractivity contribution is 0.142. The van der Waals surface area contributed by atoms with E-state index in [0.717, 1.165) is 22.8 Å². The molecule has 0 saturated heterocycles. The average Bonchev–Trinajstić information content (AvgIpc) is 3.27. The van der Waals surface area contributed by atoms with E-state index >= 15 is 0 Å². The Labute approximate surface area is 171 Å². The highest BCUT2D eigenvalue weighted by Gasteiger charge is 2.39. The van der Waals surface area contributed by atoms with E-state index in [0.29, 0.717) is 12.0 Å². The van der Waals surface area contributed by atoms with Gasteiger partial charge in [-0.25, -0.2) is 0 Å². The standard InChI is InChI=1S/C27H26O2/c1-15-8-10-24-22(12-15)26-17(3)19(9-11-25(26)28-24)18-13-16(2)27-21(14-18)20-6-4-5-7-23(20)29-27/h4-7,9,11,13-15,22,24H,8,10,12H2,1-3H3/t15?,22?,24-/m0/s1. The quantitative estimate of drug-likeness (QED) is 0.339. The van der Waals surface area contributed by atoms with Gasteiger partial charge in [-0.2, -0.15) is 0 Å². The van der Waals surface area contributed by atoms with E-state index in [2.05, 4.69) is 63.2 Å². The molecule has 3 aromatic carbocycles. The molecule has 1 saturated carbocycles. The van der Waals surface area contributed by atoms with E-state index in [-0.39, 0.29) is 0 Å². The molecule has 0 spiro atoms. The van der Waals surface area contributed by atoms with Crippen LogP contribution in [0.1, 0.15) is 48.8 Å². The number of para-hydroxylation sites is 1. The second-order valence-electron chi connectivity index (χ2n) is 9.10. The highest BCUT2D eigenvalue weighted by molar-refractivity contribution is 6.07. The van der Waals surface area contributed by atoms with Gasteiger partial charge in [-0.05, 0) is 85.5 Å². The Balaban J connectivity index is 1.54. The lowest BCUT2D eigenvalue weighted by Gasteiger charge is -2.29. The molecule has 29 heavy (non-hydrogen) atoms. The zero-order chi connectivity index (χ0) is 19.7. The molecule has 2 unspecified atom stereocenters. The van der Waals surface area contributed by atoms with Gasteiger partial charge in [0.1, 0.15) is 23.0 Å². The summed E-state index contributed by atoms with van der Waals surface area (Å²) >= 11 is 0. The van der Waals surface area contributed by atoms with E-state index in [4.69, 9.17) is 9.15 Å². The first-order valence-corrected chi connectivity index (χ1v) is 10.8. The molecule has 1 aromatic heterocycles. The summed E-state index contributed by atoms with van der Waals surface area (Å²) in [6.45, 7) is 6.82. The smallest absolute Gasteiger partial charge is 0.138 e. The number of hydrogen-bond acceptors (Lipinski definition) is 2. The summed E-state index contributed by atoms with van der Waals surface area (Å²) in [7, 11) is 0. The van der Waals surface area contributed by atoms with Gasteiger partial charge in [-0.1, -0.05) is 31.2 Å². The van der Waals surface area contributed by atoms with Crippen molar-refractivity contribution in [3.63, 3.8) is 0 Å². The van der Waals surface area contributed by atoms with Crippen molar-refractivity contribution >= 4 is 21.9 Å². The molecule has 0 bridgehead atoms. The zero-order valence-electron chi connectivity index (χ0n) is 17.3. The Kier molecular flexibility index (Phi) is 3.62. The molecule has 4 aromatic rings. The van der Waals surface area contributed by atoms with Gasteiger partial charge in [0, 0.05) is 22.3 Å². The molecule has 1 aliphatic carbocycles. The largest absolute Gasteiger partial charge is 0.489 e. The molecule has 146 valence electrons. The maximum absolute atomic E-state index is 6.36. The maximum atomic E-state index is 6.36. The van der Waals surface area contributed by atoms with Crippen LogP contribution in [0.4, 0.5) is 0 Å². The fourth-order valence-electron chi connectivity index (χ4n) is 5.69. The highest BCUT2D eigenvalue weighted by Crippen LogP contribution is 2.50. The summed E-state index contributed by atoms with van der Waals surface area (Å²) in [5.41, 5.74) is 8.58. The second kappa shape index (κ2) is 6.13. The first-order chi connectivity index (χ1) is 14.1. The van der Waals surface area contributed by atoms with Gasteiger partial charge in [0.2, 0.25) is 0 Å². The average molecular weight is 383 g/mol. The third-order valence-corrected chi connectivity index (χ3v) is 7.15. The lowest BCUT2D eigenvalue weighted by Crippen LogP contribution is -2.26. The number of hydrogen-bond donors (Lipinski definition) is 0. The minimum absolute atomic E-state index is 0.372. The number of rotatable bonds is 1. The third-order valence-electron chi connectivity index (χ3n) is 7.15. The van der Waals surface area contributed by atoms with Gasteiger partial charge in [-0.3, -0.25) is 0 Å². The summed E-state index contributed by atoms with van der Waals surface area (Å²) in [5, 5.41) is 2.40. The molecule has 0 N–H and O–H groups in total. The van der Waals surface area contributed by atoms with Crippen molar-refractivity contribution in [1.29, 1.82) is 0 Å². The molecule has 2 nitrogen and oxygen atoms in total. The minimum atomic E-state index is 0.372. The molecule has 2 heteroatoms. The minimum Gasteiger partial charge on any atom is -0.489 e. The molecular formula is C27H26O2. The van der Waals surface area contributed by atoms with Crippen LogP contribution in [0.15, 0.2) is 52.9 Å². The molecule has 3 atom stereocenters. The van der Waals surface area contributed by atoms with Crippen molar-refractivity contribution in [2.24, 2.45) is 5.92 Å². The predicted octanol–water partition coefficient (Wildman–Crippen LogP) is 7.53. The van der Waals surface area contributed by atoms with Crippen LogP contribution in [-0.4, -0.2) is 6.10 Å². The van der Waals surface area contributed by atoms with Crippen LogP contribution in [0.3, 0.4) is 0 Å². The van der Waals surface area contributed by atoms with Gasteiger partial charge in [0.15, 0.2) is 0 Å². The van der Waals surface area contributed by atoms with E-state index < -0.39 is 0 Å². The summed E-state index contributed by atoms with van der Waals surface area (Å²) in [5.74, 6) is 2.44. The number of ether oxygens (including phenoxy) is 1. The van der Waals surface area contributed by atoms with Crippen molar-refractivity contribution in [2.45, 2.75) is 52.1 Å². The highest BCUT2D eigenvalue weighted by atomic mass is 16.5. The molecule has 1 aliphatic heterocycles. The first kappa shape index (κ1) is 17.1. The molecule has 0 radical (unpaired) electrons. The van der Waals surface area contributed by atoms with Gasteiger partial charge < -0.3 is 9.15 Å². The van der Waals surface area contributed by atoms with Crippen LogP contribution in [0, 0.1) is 19.8 Å². The fraction of sp³-hybridized carbons (Fsp3) is 0.333. The van der Waals surface area contributed by atoms with Crippen molar-refractivity contribution in [2.75, 3.05) is 0 Å². The predicted molar refractivity (Wildman–Crippen MR) is 119 cm³/mol. The third kappa shape index (κ3) is 2.48. The number of aryl methyl sites for hydroxylation is 1. The Hall–Kier alpha value is -2.74. The van der Waals surface area contributed by atoms with E-state index in [1.54, 1.807) is 0 Å². The number of furan rings is 1. The van der Waals surface area contributed by atoms with E-state index in [9.17, 15) is 0 Å².